The summed E-state index contributed by atoms with van der Waals surface area (Å²) in [7, 11) is 3.11. The van der Waals surface area contributed by atoms with Crippen molar-refractivity contribution in [3.05, 3.63) is 36.4 Å². The van der Waals surface area contributed by atoms with Crippen LogP contribution in [0.3, 0.4) is 0 Å². The van der Waals surface area contributed by atoms with Crippen LogP contribution in [0.4, 0.5) is 0 Å². The maximum atomic E-state index is 5.81. The van der Waals surface area contributed by atoms with Crippen molar-refractivity contribution in [1.82, 2.24) is 24.8 Å². The first-order valence-corrected chi connectivity index (χ1v) is 9.64. The molecule has 1 aliphatic rings. The zero-order chi connectivity index (χ0) is 20.4. The van der Waals surface area contributed by atoms with E-state index < -0.39 is 0 Å². The molecule has 0 spiro atoms. The van der Waals surface area contributed by atoms with Gasteiger partial charge in [0.05, 0.1) is 44.1 Å². The number of methoxy groups -OCH3 is 2. The summed E-state index contributed by atoms with van der Waals surface area (Å²) in [5.41, 5.74) is 2.58. The van der Waals surface area contributed by atoms with Gasteiger partial charge in [-0.1, -0.05) is 12.1 Å². The van der Waals surface area contributed by atoms with E-state index in [9.17, 15) is 0 Å². The molecule has 3 heterocycles. The van der Waals surface area contributed by atoms with Gasteiger partial charge in [0, 0.05) is 30.9 Å². The van der Waals surface area contributed by atoms with Gasteiger partial charge in [0.25, 0.3) is 0 Å². The van der Waals surface area contributed by atoms with Gasteiger partial charge in [0.15, 0.2) is 0 Å². The summed E-state index contributed by atoms with van der Waals surface area (Å²) < 4.78 is 16.3. The van der Waals surface area contributed by atoms with E-state index in [4.69, 9.17) is 19.2 Å². The minimum Gasteiger partial charge on any atom is -0.480 e. The van der Waals surface area contributed by atoms with Crippen molar-refractivity contribution in [2.24, 2.45) is 0 Å². The van der Waals surface area contributed by atoms with Crippen molar-refractivity contribution in [3.63, 3.8) is 0 Å². The van der Waals surface area contributed by atoms with Crippen molar-refractivity contribution in [2.75, 3.05) is 27.3 Å². The fourth-order valence-electron chi connectivity index (χ4n) is 3.72. The molecule has 29 heavy (non-hydrogen) atoms. The Morgan fingerprint density at radius 2 is 1.83 bits per heavy atom. The van der Waals surface area contributed by atoms with E-state index in [1.165, 1.54) is 7.11 Å². The normalized spacial score (nSPS) is 20.0. The third kappa shape index (κ3) is 4.28. The van der Waals surface area contributed by atoms with Gasteiger partial charge in [-0.3, -0.25) is 4.90 Å². The highest BCUT2D eigenvalue weighted by Gasteiger charge is 2.22. The average molecular weight is 395 g/mol. The van der Waals surface area contributed by atoms with Gasteiger partial charge in [0.2, 0.25) is 5.88 Å². The van der Waals surface area contributed by atoms with E-state index in [1.807, 2.05) is 24.4 Å². The first-order valence-electron chi connectivity index (χ1n) is 9.64. The Kier molecular flexibility index (Phi) is 5.55. The molecule has 1 saturated heterocycles. The summed E-state index contributed by atoms with van der Waals surface area (Å²) in [6.45, 7) is 6.66. The molecule has 1 aliphatic heterocycles. The van der Waals surface area contributed by atoms with Crippen LogP contribution in [0.1, 0.15) is 19.7 Å². The van der Waals surface area contributed by atoms with Crippen LogP contribution in [0.25, 0.3) is 22.0 Å². The second-order valence-electron chi connectivity index (χ2n) is 7.29. The van der Waals surface area contributed by atoms with Gasteiger partial charge in [-0.25, -0.2) is 15.0 Å². The zero-order valence-corrected chi connectivity index (χ0v) is 17.1. The molecule has 0 aliphatic carbocycles. The molecule has 4 rings (SSSR count). The molecule has 8 heteroatoms. The van der Waals surface area contributed by atoms with E-state index in [0.29, 0.717) is 12.4 Å². The highest BCUT2D eigenvalue weighted by molar-refractivity contribution is 5.84. The maximum Gasteiger partial charge on any atom is 0.319 e. The molecule has 0 amide bonds. The quantitative estimate of drug-likeness (QED) is 0.652. The molecule has 1 fully saturated rings. The van der Waals surface area contributed by atoms with Crippen LogP contribution in [0.2, 0.25) is 0 Å². The number of morpholine rings is 1. The zero-order valence-electron chi connectivity index (χ0n) is 17.1. The highest BCUT2D eigenvalue weighted by atomic mass is 16.5. The van der Waals surface area contributed by atoms with Gasteiger partial charge in [-0.2, -0.15) is 4.98 Å². The van der Waals surface area contributed by atoms with Gasteiger partial charge in [-0.15, -0.1) is 0 Å². The predicted octanol–water partition coefficient (Wildman–Crippen LogP) is 2.71. The molecule has 1 aromatic carbocycles. The smallest absolute Gasteiger partial charge is 0.319 e. The third-order valence-corrected chi connectivity index (χ3v) is 4.91. The largest absolute Gasteiger partial charge is 0.480 e. The number of ether oxygens (including phenoxy) is 3. The Bertz CT molecular complexity index is 1000. The van der Waals surface area contributed by atoms with Gasteiger partial charge >= 0.3 is 6.01 Å². The molecular weight excluding hydrogens is 370 g/mol. The summed E-state index contributed by atoms with van der Waals surface area (Å²) in [6, 6.07) is 6.27. The molecule has 2 unspecified atom stereocenters. The third-order valence-electron chi connectivity index (χ3n) is 4.91. The highest BCUT2D eigenvalue weighted by Crippen LogP contribution is 2.30. The van der Waals surface area contributed by atoms with Crippen LogP contribution in [0.5, 0.6) is 11.9 Å². The Labute approximate surface area is 169 Å². The number of hydrogen-bond acceptors (Lipinski definition) is 8. The van der Waals surface area contributed by atoms with Crippen molar-refractivity contribution >= 4 is 10.9 Å². The number of benzene rings is 1. The molecule has 2 atom stereocenters. The first kappa shape index (κ1) is 19.5. The summed E-state index contributed by atoms with van der Waals surface area (Å²) in [5.74, 6) is 1.26. The van der Waals surface area contributed by atoms with Crippen LogP contribution in [-0.2, 0) is 11.3 Å². The van der Waals surface area contributed by atoms with Crippen LogP contribution < -0.4 is 9.47 Å². The Morgan fingerprint density at radius 3 is 2.55 bits per heavy atom. The molecule has 0 radical (unpaired) electrons. The molecule has 2 aromatic heterocycles. The van der Waals surface area contributed by atoms with Crippen LogP contribution >= 0.6 is 0 Å². The fourth-order valence-corrected chi connectivity index (χ4v) is 3.72. The molecule has 3 aromatic rings. The van der Waals surface area contributed by atoms with E-state index >= 15 is 0 Å². The summed E-state index contributed by atoms with van der Waals surface area (Å²) >= 11 is 0. The standard InChI is InChI=1S/C21H25N5O3/c1-13-10-26(11-14(2)29-13)12-19-22-8-16-6-5-15(7-18(16)24-19)17-9-23-21(28-4)25-20(17)27-3/h5-9,13-14H,10-12H2,1-4H3. The molecule has 0 saturated carbocycles. The summed E-state index contributed by atoms with van der Waals surface area (Å²) in [6.07, 6.45) is 4.00. The minimum absolute atomic E-state index is 0.216. The lowest BCUT2D eigenvalue weighted by atomic mass is 10.1. The maximum absolute atomic E-state index is 5.81. The average Bonchev–Trinajstić information content (AvgIpc) is 2.72. The van der Waals surface area contributed by atoms with Crippen molar-refractivity contribution in [2.45, 2.75) is 32.6 Å². The lowest BCUT2D eigenvalue weighted by Crippen LogP contribution is -2.45. The summed E-state index contributed by atoms with van der Waals surface area (Å²) in [4.78, 5) is 20.2. The summed E-state index contributed by atoms with van der Waals surface area (Å²) in [5, 5.41) is 0.981. The SMILES string of the molecule is COc1ncc(-c2ccc3cnc(CN4CC(C)OC(C)C4)nc3c2)c(OC)n1. The first-order chi connectivity index (χ1) is 14.1. The second kappa shape index (κ2) is 8.26. The van der Waals surface area contributed by atoms with E-state index in [1.54, 1.807) is 13.3 Å². The number of aromatic nitrogens is 4. The van der Waals surface area contributed by atoms with Gasteiger partial charge in [-0.05, 0) is 25.5 Å². The van der Waals surface area contributed by atoms with Crippen molar-refractivity contribution < 1.29 is 14.2 Å². The Balaban J connectivity index is 1.64. The van der Waals surface area contributed by atoms with E-state index in [-0.39, 0.29) is 18.2 Å². The second-order valence-corrected chi connectivity index (χ2v) is 7.29. The molecular formula is C21H25N5O3. The number of fused-ring (bicyclic) bond motifs is 1. The lowest BCUT2D eigenvalue weighted by Gasteiger charge is -2.34. The number of rotatable bonds is 5. The molecule has 0 N–H and O–H groups in total. The fraction of sp³-hybridized carbons (Fsp3) is 0.429. The Hall–Kier alpha value is -2.84. The minimum atomic E-state index is 0.216. The van der Waals surface area contributed by atoms with Crippen molar-refractivity contribution in [1.29, 1.82) is 0 Å². The van der Waals surface area contributed by atoms with E-state index in [0.717, 1.165) is 40.9 Å². The molecule has 0 bridgehead atoms. The van der Waals surface area contributed by atoms with Crippen LogP contribution in [0, 0.1) is 0 Å². The lowest BCUT2D eigenvalue weighted by molar-refractivity contribution is -0.0710. The topological polar surface area (TPSA) is 82.5 Å². The molecule has 8 nitrogen and oxygen atoms in total. The predicted molar refractivity (Wildman–Crippen MR) is 109 cm³/mol. The van der Waals surface area contributed by atoms with Crippen LogP contribution in [-0.4, -0.2) is 64.4 Å². The number of nitrogens with zero attached hydrogens (tertiary/aromatic N) is 5. The number of hydrogen-bond donors (Lipinski definition) is 0. The van der Waals surface area contributed by atoms with Crippen molar-refractivity contribution in [3.8, 4) is 23.0 Å². The monoisotopic (exact) mass is 395 g/mol. The van der Waals surface area contributed by atoms with E-state index in [2.05, 4.69) is 33.7 Å². The molecule has 152 valence electrons. The Morgan fingerprint density at radius 1 is 1.03 bits per heavy atom. The van der Waals surface area contributed by atoms with Gasteiger partial charge < -0.3 is 14.2 Å². The van der Waals surface area contributed by atoms with Gasteiger partial charge in [0.1, 0.15) is 5.82 Å². The van der Waals surface area contributed by atoms with Crippen LogP contribution in [0.15, 0.2) is 30.6 Å².